The summed E-state index contributed by atoms with van der Waals surface area (Å²) in [5.41, 5.74) is 2.23. The summed E-state index contributed by atoms with van der Waals surface area (Å²) in [5.74, 6) is -0.361. The van der Waals surface area contributed by atoms with E-state index in [0.29, 0.717) is 55.6 Å². The molecule has 2 aliphatic heterocycles. The molecule has 0 aromatic heterocycles. The summed E-state index contributed by atoms with van der Waals surface area (Å²) >= 11 is 18.3. The second-order valence-corrected chi connectivity index (χ2v) is 11.7. The third-order valence-electron chi connectivity index (χ3n) is 6.35. The molecule has 2 heterocycles. The van der Waals surface area contributed by atoms with Crippen LogP contribution in [0.15, 0.2) is 41.3 Å². The van der Waals surface area contributed by atoms with Crippen LogP contribution < -0.4 is 4.90 Å². The standard InChI is InChI=1S/C23H26Cl3N3O3S/c1-16-4-5-18(24)13-21(16)27-9-11-28(12-10-27)23(30)17-3-2-8-29(15-17)33(31,32)22-14-19(25)6-7-20(22)26/h4-7,13-14,17H,2-3,8-12,15H2,1H3/t17-/m0/s1. The van der Waals surface area contributed by atoms with E-state index in [2.05, 4.69) is 4.90 Å². The molecule has 1 atom stereocenters. The summed E-state index contributed by atoms with van der Waals surface area (Å²) in [5, 5.41) is 1.12. The van der Waals surface area contributed by atoms with Crippen molar-refractivity contribution in [3.05, 3.63) is 57.0 Å². The Bertz CT molecular complexity index is 1150. The Morgan fingerprint density at radius 3 is 2.33 bits per heavy atom. The van der Waals surface area contributed by atoms with E-state index in [1.54, 1.807) is 6.07 Å². The Labute approximate surface area is 210 Å². The summed E-state index contributed by atoms with van der Waals surface area (Å²) in [6, 6.07) is 10.2. The molecule has 2 saturated heterocycles. The van der Waals surface area contributed by atoms with Crippen molar-refractivity contribution in [1.29, 1.82) is 0 Å². The highest BCUT2D eigenvalue weighted by Crippen LogP contribution is 2.31. The van der Waals surface area contributed by atoms with Gasteiger partial charge < -0.3 is 9.80 Å². The number of aryl methyl sites for hydroxylation is 1. The van der Waals surface area contributed by atoms with Crippen LogP contribution in [0.3, 0.4) is 0 Å². The van der Waals surface area contributed by atoms with Gasteiger partial charge in [0.15, 0.2) is 0 Å². The maximum Gasteiger partial charge on any atom is 0.244 e. The molecule has 0 aliphatic carbocycles. The molecule has 2 aromatic carbocycles. The van der Waals surface area contributed by atoms with Crippen molar-refractivity contribution in [3.8, 4) is 0 Å². The topological polar surface area (TPSA) is 60.9 Å². The zero-order chi connectivity index (χ0) is 23.8. The third-order valence-corrected chi connectivity index (χ3v) is 9.16. The van der Waals surface area contributed by atoms with Crippen molar-refractivity contribution in [2.24, 2.45) is 5.92 Å². The molecule has 4 rings (SSSR count). The Hall–Kier alpha value is -1.51. The van der Waals surface area contributed by atoms with Gasteiger partial charge in [-0.1, -0.05) is 40.9 Å². The number of sulfonamides is 1. The SMILES string of the molecule is Cc1ccc(Cl)cc1N1CCN(C(=O)[C@H]2CCCN(S(=O)(=O)c3cc(Cl)ccc3Cl)C2)CC1. The van der Waals surface area contributed by atoms with E-state index in [9.17, 15) is 13.2 Å². The Morgan fingerprint density at radius 1 is 0.939 bits per heavy atom. The van der Waals surface area contributed by atoms with Crippen LogP contribution in [0, 0.1) is 12.8 Å². The number of piperazine rings is 1. The van der Waals surface area contributed by atoms with Crippen molar-refractivity contribution in [3.63, 3.8) is 0 Å². The maximum absolute atomic E-state index is 13.3. The molecule has 33 heavy (non-hydrogen) atoms. The van der Waals surface area contributed by atoms with E-state index in [1.165, 1.54) is 16.4 Å². The van der Waals surface area contributed by atoms with Gasteiger partial charge in [-0.2, -0.15) is 4.31 Å². The van der Waals surface area contributed by atoms with Gasteiger partial charge in [0.1, 0.15) is 4.90 Å². The van der Waals surface area contributed by atoms with Crippen LogP contribution in [0.4, 0.5) is 5.69 Å². The Morgan fingerprint density at radius 2 is 1.61 bits per heavy atom. The van der Waals surface area contributed by atoms with Crippen LogP contribution in [0.25, 0.3) is 0 Å². The van der Waals surface area contributed by atoms with Crippen LogP contribution in [0.5, 0.6) is 0 Å². The number of carbonyl (C=O) groups excluding carboxylic acids is 1. The number of hydrogen-bond donors (Lipinski definition) is 0. The van der Waals surface area contributed by atoms with E-state index in [-0.39, 0.29) is 28.3 Å². The highest BCUT2D eigenvalue weighted by molar-refractivity contribution is 7.89. The number of amides is 1. The molecule has 0 radical (unpaired) electrons. The molecular formula is C23H26Cl3N3O3S. The number of rotatable bonds is 4. The van der Waals surface area contributed by atoms with Gasteiger partial charge in [0.05, 0.1) is 10.9 Å². The average molecular weight is 531 g/mol. The summed E-state index contributed by atoms with van der Waals surface area (Å²) in [6.45, 7) is 5.16. The van der Waals surface area contributed by atoms with Gasteiger partial charge in [0.2, 0.25) is 15.9 Å². The average Bonchev–Trinajstić information content (AvgIpc) is 2.82. The quantitative estimate of drug-likeness (QED) is 0.575. The molecule has 0 saturated carbocycles. The van der Waals surface area contributed by atoms with Gasteiger partial charge >= 0.3 is 0 Å². The second-order valence-electron chi connectivity index (χ2n) is 8.52. The lowest BCUT2D eigenvalue weighted by Crippen LogP contribution is -2.53. The number of carbonyl (C=O) groups is 1. The predicted octanol–water partition coefficient (Wildman–Crippen LogP) is 4.70. The highest BCUT2D eigenvalue weighted by Gasteiger charge is 2.36. The minimum Gasteiger partial charge on any atom is -0.368 e. The van der Waals surface area contributed by atoms with Crippen molar-refractivity contribution in [2.45, 2.75) is 24.7 Å². The first-order valence-corrected chi connectivity index (χ1v) is 13.5. The van der Waals surface area contributed by atoms with Gasteiger partial charge in [0, 0.05) is 55.0 Å². The third kappa shape index (κ3) is 5.28. The fraction of sp³-hybridized carbons (Fsp3) is 0.435. The van der Waals surface area contributed by atoms with E-state index in [4.69, 9.17) is 34.8 Å². The number of anilines is 1. The van der Waals surface area contributed by atoms with E-state index >= 15 is 0 Å². The van der Waals surface area contributed by atoms with Gasteiger partial charge in [0.25, 0.3) is 0 Å². The first-order chi connectivity index (χ1) is 15.7. The minimum absolute atomic E-state index is 0.00885. The Balaban J connectivity index is 1.42. The number of halogens is 3. The van der Waals surface area contributed by atoms with Gasteiger partial charge in [-0.3, -0.25) is 4.79 Å². The van der Waals surface area contributed by atoms with Crippen molar-refractivity contribution in [2.75, 3.05) is 44.2 Å². The van der Waals surface area contributed by atoms with E-state index in [0.717, 1.165) is 11.3 Å². The van der Waals surface area contributed by atoms with E-state index in [1.807, 2.05) is 30.0 Å². The lowest BCUT2D eigenvalue weighted by Gasteiger charge is -2.40. The van der Waals surface area contributed by atoms with Crippen LogP contribution >= 0.6 is 34.8 Å². The normalized spacial score (nSPS) is 20.2. The van der Waals surface area contributed by atoms with Crippen molar-refractivity contribution in [1.82, 2.24) is 9.21 Å². The van der Waals surface area contributed by atoms with Crippen molar-refractivity contribution < 1.29 is 13.2 Å². The second kappa shape index (κ2) is 10.0. The highest BCUT2D eigenvalue weighted by atomic mass is 35.5. The lowest BCUT2D eigenvalue weighted by molar-refractivity contribution is -0.137. The van der Waals surface area contributed by atoms with Gasteiger partial charge in [-0.05, 0) is 55.7 Å². The fourth-order valence-electron chi connectivity index (χ4n) is 4.53. The first-order valence-electron chi connectivity index (χ1n) is 10.9. The van der Waals surface area contributed by atoms with Crippen LogP contribution in [0.2, 0.25) is 15.1 Å². The Kier molecular flexibility index (Phi) is 7.46. The zero-order valence-corrected chi connectivity index (χ0v) is 21.4. The van der Waals surface area contributed by atoms with Crippen LogP contribution in [0.1, 0.15) is 18.4 Å². The molecule has 2 aromatic rings. The summed E-state index contributed by atoms with van der Waals surface area (Å²) in [4.78, 5) is 17.3. The summed E-state index contributed by atoms with van der Waals surface area (Å²) in [6.07, 6.45) is 1.29. The molecule has 0 spiro atoms. The minimum atomic E-state index is -3.84. The van der Waals surface area contributed by atoms with Gasteiger partial charge in [-0.25, -0.2) is 8.42 Å². The maximum atomic E-state index is 13.3. The molecule has 6 nitrogen and oxygen atoms in total. The number of benzene rings is 2. The van der Waals surface area contributed by atoms with Gasteiger partial charge in [-0.15, -0.1) is 0 Å². The van der Waals surface area contributed by atoms with E-state index < -0.39 is 10.0 Å². The first kappa shape index (κ1) is 24.6. The molecule has 10 heteroatoms. The summed E-state index contributed by atoms with van der Waals surface area (Å²) in [7, 11) is -3.84. The molecule has 0 N–H and O–H groups in total. The monoisotopic (exact) mass is 529 g/mol. The molecule has 2 fully saturated rings. The largest absolute Gasteiger partial charge is 0.368 e. The number of piperidine rings is 1. The number of hydrogen-bond acceptors (Lipinski definition) is 4. The van der Waals surface area contributed by atoms with Crippen LogP contribution in [-0.4, -0.2) is 62.8 Å². The fourth-order valence-corrected chi connectivity index (χ4v) is 6.95. The van der Waals surface area contributed by atoms with Crippen molar-refractivity contribution >= 4 is 56.4 Å². The molecule has 0 bridgehead atoms. The smallest absolute Gasteiger partial charge is 0.244 e. The lowest BCUT2D eigenvalue weighted by atomic mass is 9.97. The zero-order valence-electron chi connectivity index (χ0n) is 18.3. The predicted molar refractivity (Wildman–Crippen MR) is 133 cm³/mol. The molecule has 0 unspecified atom stereocenters. The molecule has 2 aliphatic rings. The number of nitrogens with zero attached hydrogens (tertiary/aromatic N) is 3. The molecular weight excluding hydrogens is 505 g/mol. The molecule has 1 amide bonds. The van der Waals surface area contributed by atoms with Crippen LogP contribution in [-0.2, 0) is 14.8 Å². The summed E-state index contributed by atoms with van der Waals surface area (Å²) < 4.78 is 27.8. The molecule has 178 valence electrons.